The van der Waals surface area contributed by atoms with Gasteiger partial charge in [-0.05, 0) is 24.1 Å². The Bertz CT molecular complexity index is 375. The van der Waals surface area contributed by atoms with Gasteiger partial charge in [-0.2, -0.15) is 0 Å². The Morgan fingerprint density at radius 1 is 1.41 bits per heavy atom. The van der Waals surface area contributed by atoms with Crippen molar-refractivity contribution in [3.63, 3.8) is 0 Å². The first-order chi connectivity index (χ1) is 8.00. The Balaban J connectivity index is 2.59. The number of nitrogens with zero attached hydrogens (tertiary/aromatic N) is 1. The highest BCUT2D eigenvalue weighted by Crippen LogP contribution is 2.13. The lowest BCUT2D eigenvalue weighted by Gasteiger charge is -2.13. The first-order valence-electron chi connectivity index (χ1n) is 5.70. The molecule has 0 radical (unpaired) electrons. The summed E-state index contributed by atoms with van der Waals surface area (Å²) in [4.78, 5) is 18.8. The smallest absolute Gasteiger partial charge is 0.274 e. The normalized spacial score (nSPS) is 10.4. The number of anilines is 1. The zero-order valence-corrected chi connectivity index (χ0v) is 10.9. The van der Waals surface area contributed by atoms with Crippen LogP contribution in [0.1, 0.15) is 24.2 Å². The SMILES string of the molecule is CC(C)CONC(=O)c1cccc(N(C)C)c1. The van der Waals surface area contributed by atoms with Crippen molar-refractivity contribution >= 4 is 11.6 Å². The predicted molar refractivity (Wildman–Crippen MR) is 69.0 cm³/mol. The third-order valence-electron chi connectivity index (χ3n) is 2.21. The highest BCUT2D eigenvalue weighted by molar-refractivity contribution is 5.94. The molecule has 0 saturated carbocycles. The summed E-state index contributed by atoms with van der Waals surface area (Å²) in [5.74, 6) is 0.178. The molecule has 17 heavy (non-hydrogen) atoms. The van der Waals surface area contributed by atoms with E-state index in [0.717, 1.165) is 5.69 Å². The molecule has 1 N–H and O–H groups in total. The summed E-state index contributed by atoms with van der Waals surface area (Å²) in [5.41, 5.74) is 4.02. The topological polar surface area (TPSA) is 41.6 Å². The summed E-state index contributed by atoms with van der Waals surface area (Å²) in [5, 5.41) is 0. The second-order valence-electron chi connectivity index (χ2n) is 4.58. The molecule has 0 heterocycles. The van der Waals surface area contributed by atoms with E-state index in [1.165, 1.54) is 0 Å². The number of benzene rings is 1. The number of carbonyl (C=O) groups is 1. The molecule has 0 bridgehead atoms. The van der Waals surface area contributed by atoms with Crippen LogP contribution >= 0.6 is 0 Å². The van der Waals surface area contributed by atoms with E-state index in [0.29, 0.717) is 18.1 Å². The van der Waals surface area contributed by atoms with Gasteiger partial charge in [0.05, 0.1) is 6.61 Å². The first kappa shape index (κ1) is 13.5. The van der Waals surface area contributed by atoms with Crippen molar-refractivity contribution in [1.29, 1.82) is 0 Å². The first-order valence-corrected chi connectivity index (χ1v) is 5.70. The van der Waals surface area contributed by atoms with E-state index < -0.39 is 0 Å². The van der Waals surface area contributed by atoms with Crippen LogP contribution in [0.25, 0.3) is 0 Å². The maximum Gasteiger partial charge on any atom is 0.274 e. The maximum atomic E-state index is 11.7. The van der Waals surface area contributed by atoms with E-state index in [-0.39, 0.29) is 5.91 Å². The summed E-state index contributed by atoms with van der Waals surface area (Å²) in [6, 6.07) is 7.40. The standard InChI is InChI=1S/C13H20N2O2/c1-10(2)9-17-14-13(16)11-6-5-7-12(8-11)15(3)4/h5-8,10H,9H2,1-4H3,(H,14,16). The number of nitrogens with one attached hydrogen (secondary N) is 1. The third-order valence-corrected chi connectivity index (χ3v) is 2.21. The highest BCUT2D eigenvalue weighted by atomic mass is 16.6. The van der Waals surface area contributed by atoms with Gasteiger partial charge in [0.25, 0.3) is 5.91 Å². The lowest BCUT2D eigenvalue weighted by Crippen LogP contribution is -2.25. The fourth-order valence-electron chi connectivity index (χ4n) is 1.26. The molecule has 1 rings (SSSR count). The molecular formula is C13H20N2O2. The molecule has 0 unspecified atom stereocenters. The van der Waals surface area contributed by atoms with Crippen LogP contribution in [0.2, 0.25) is 0 Å². The van der Waals surface area contributed by atoms with Gasteiger partial charge in [0.1, 0.15) is 0 Å². The molecule has 4 heteroatoms. The van der Waals surface area contributed by atoms with E-state index in [1.54, 1.807) is 6.07 Å². The third kappa shape index (κ3) is 4.44. The maximum absolute atomic E-state index is 11.7. The Kier molecular flexibility index (Phi) is 4.97. The zero-order valence-electron chi connectivity index (χ0n) is 10.9. The number of carbonyl (C=O) groups excluding carboxylic acids is 1. The molecule has 1 aromatic carbocycles. The van der Waals surface area contributed by atoms with Crippen LogP contribution in [-0.2, 0) is 4.84 Å². The summed E-state index contributed by atoms with van der Waals surface area (Å²) >= 11 is 0. The van der Waals surface area contributed by atoms with Gasteiger partial charge in [-0.25, -0.2) is 5.48 Å². The second kappa shape index (κ2) is 6.25. The minimum absolute atomic E-state index is 0.214. The van der Waals surface area contributed by atoms with Gasteiger partial charge in [-0.3, -0.25) is 9.63 Å². The van der Waals surface area contributed by atoms with Gasteiger partial charge in [0.2, 0.25) is 0 Å². The van der Waals surface area contributed by atoms with Crippen molar-refractivity contribution in [1.82, 2.24) is 5.48 Å². The minimum Gasteiger partial charge on any atom is -0.378 e. The molecule has 1 amide bonds. The quantitative estimate of drug-likeness (QED) is 0.796. The van der Waals surface area contributed by atoms with Crippen molar-refractivity contribution in [2.24, 2.45) is 5.92 Å². The Hall–Kier alpha value is -1.55. The van der Waals surface area contributed by atoms with Crippen LogP contribution in [-0.4, -0.2) is 26.6 Å². The average molecular weight is 236 g/mol. The van der Waals surface area contributed by atoms with Crippen molar-refractivity contribution in [2.45, 2.75) is 13.8 Å². The lowest BCUT2D eigenvalue weighted by molar-refractivity contribution is 0.0208. The Morgan fingerprint density at radius 2 is 2.12 bits per heavy atom. The fraction of sp³-hybridized carbons (Fsp3) is 0.462. The summed E-state index contributed by atoms with van der Waals surface area (Å²) in [6.45, 7) is 4.57. The number of rotatable bonds is 5. The molecule has 0 aliphatic rings. The summed E-state index contributed by atoms with van der Waals surface area (Å²) in [6.07, 6.45) is 0. The van der Waals surface area contributed by atoms with Crippen molar-refractivity contribution in [3.8, 4) is 0 Å². The molecule has 4 nitrogen and oxygen atoms in total. The van der Waals surface area contributed by atoms with Crippen LogP contribution in [0, 0.1) is 5.92 Å². The van der Waals surface area contributed by atoms with Gasteiger partial charge in [0, 0.05) is 25.3 Å². The van der Waals surface area contributed by atoms with Gasteiger partial charge in [-0.15, -0.1) is 0 Å². The largest absolute Gasteiger partial charge is 0.378 e. The van der Waals surface area contributed by atoms with E-state index in [4.69, 9.17) is 4.84 Å². The molecule has 1 aromatic rings. The van der Waals surface area contributed by atoms with Crippen LogP contribution in [0.3, 0.4) is 0 Å². The zero-order chi connectivity index (χ0) is 12.8. The number of amides is 1. The Morgan fingerprint density at radius 3 is 2.71 bits per heavy atom. The van der Waals surface area contributed by atoms with Crippen LogP contribution in [0.5, 0.6) is 0 Å². The Labute approximate surface area is 103 Å². The summed E-state index contributed by atoms with van der Waals surface area (Å²) in [7, 11) is 3.87. The molecule has 94 valence electrons. The van der Waals surface area contributed by atoms with Gasteiger partial charge in [-0.1, -0.05) is 19.9 Å². The van der Waals surface area contributed by atoms with Crippen molar-refractivity contribution < 1.29 is 9.63 Å². The van der Waals surface area contributed by atoms with Crippen molar-refractivity contribution in [2.75, 3.05) is 25.6 Å². The molecule has 0 aliphatic carbocycles. The van der Waals surface area contributed by atoms with E-state index in [1.807, 2.05) is 51.0 Å². The molecule has 0 saturated heterocycles. The molecule has 0 fully saturated rings. The van der Waals surface area contributed by atoms with Gasteiger partial charge in [0.15, 0.2) is 0 Å². The number of hydrogen-bond acceptors (Lipinski definition) is 3. The minimum atomic E-state index is -0.214. The van der Waals surface area contributed by atoms with Crippen LogP contribution in [0.4, 0.5) is 5.69 Å². The number of hydrogen-bond donors (Lipinski definition) is 1. The van der Waals surface area contributed by atoms with Crippen molar-refractivity contribution in [3.05, 3.63) is 29.8 Å². The average Bonchev–Trinajstić information content (AvgIpc) is 2.28. The molecule has 0 atom stereocenters. The lowest BCUT2D eigenvalue weighted by atomic mass is 10.2. The van der Waals surface area contributed by atoms with Gasteiger partial charge < -0.3 is 4.90 Å². The van der Waals surface area contributed by atoms with E-state index in [2.05, 4.69) is 5.48 Å². The molecular weight excluding hydrogens is 216 g/mol. The molecule has 0 aliphatic heterocycles. The van der Waals surface area contributed by atoms with Crippen LogP contribution in [0.15, 0.2) is 24.3 Å². The monoisotopic (exact) mass is 236 g/mol. The van der Waals surface area contributed by atoms with Gasteiger partial charge >= 0.3 is 0 Å². The second-order valence-corrected chi connectivity index (χ2v) is 4.58. The predicted octanol–water partition coefficient (Wildman–Crippen LogP) is 2.07. The van der Waals surface area contributed by atoms with Crippen LogP contribution < -0.4 is 10.4 Å². The van der Waals surface area contributed by atoms with E-state index >= 15 is 0 Å². The molecule has 0 spiro atoms. The number of hydroxylamine groups is 1. The summed E-state index contributed by atoms with van der Waals surface area (Å²) < 4.78 is 0. The highest BCUT2D eigenvalue weighted by Gasteiger charge is 2.07. The van der Waals surface area contributed by atoms with E-state index in [9.17, 15) is 4.79 Å². The fourth-order valence-corrected chi connectivity index (χ4v) is 1.26. The molecule has 0 aromatic heterocycles.